The Hall–Kier alpha value is -2.93. The Kier molecular flexibility index (Phi) is 4.43. The molecule has 0 aliphatic heterocycles. The predicted molar refractivity (Wildman–Crippen MR) is 88.0 cm³/mol. The number of hydrogen-bond donors (Lipinski definition) is 0. The zero-order chi connectivity index (χ0) is 17.1. The first-order valence-corrected chi connectivity index (χ1v) is 7.83. The molecule has 2 heterocycles. The number of fused-ring (bicyclic) bond motifs is 1. The van der Waals surface area contributed by atoms with Gasteiger partial charge in [0.05, 0.1) is 12.0 Å². The van der Waals surface area contributed by atoms with Crippen LogP contribution in [-0.2, 0) is 4.74 Å². The number of carbonyl (C=O) groups excluding carboxylic acids is 2. The van der Waals surface area contributed by atoms with E-state index in [1.165, 1.54) is 24.5 Å². The van der Waals surface area contributed by atoms with Gasteiger partial charge in [-0.05, 0) is 23.6 Å². The number of ether oxygens (including phenoxy) is 2. The maximum absolute atomic E-state index is 12.1. The molecule has 0 amide bonds. The number of carbonyl (C=O) groups is 2. The van der Waals surface area contributed by atoms with Crippen molar-refractivity contribution in [3.05, 3.63) is 62.6 Å². The van der Waals surface area contributed by atoms with E-state index in [9.17, 15) is 14.4 Å². The fourth-order valence-electron chi connectivity index (χ4n) is 2.14. The predicted octanol–water partition coefficient (Wildman–Crippen LogP) is 2.90. The number of para-hydroxylation sites is 1. The van der Waals surface area contributed by atoms with Gasteiger partial charge in [0.15, 0.2) is 17.9 Å². The average Bonchev–Trinajstić information content (AvgIpc) is 3.13. The minimum atomic E-state index is -0.904. The second-order valence-corrected chi connectivity index (χ2v) is 5.75. The molecule has 24 heavy (non-hydrogen) atoms. The molecular formula is C17H12O6S. The largest absolute Gasteiger partial charge is 0.493 e. The molecule has 0 saturated heterocycles. The van der Waals surface area contributed by atoms with Crippen molar-refractivity contribution in [3.8, 4) is 5.75 Å². The summed E-state index contributed by atoms with van der Waals surface area (Å²) in [6.07, 6.45) is 0. The van der Waals surface area contributed by atoms with Crippen molar-refractivity contribution in [2.24, 2.45) is 0 Å². The number of thiophene rings is 1. The summed E-state index contributed by atoms with van der Waals surface area (Å²) in [5.41, 5.74) is -0.869. The molecule has 0 radical (unpaired) electrons. The van der Waals surface area contributed by atoms with Gasteiger partial charge < -0.3 is 13.9 Å². The molecule has 122 valence electrons. The van der Waals surface area contributed by atoms with Gasteiger partial charge in [-0.2, -0.15) is 0 Å². The van der Waals surface area contributed by atoms with E-state index in [4.69, 9.17) is 13.9 Å². The lowest BCUT2D eigenvalue weighted by Crippen LogP contribution is -2.19. The van der Waals surface area contributed by atoms with Gasteiger partial charge in [0, 0.05) is 5.39 Å². The quantitative estimate of drug-likeness (QED) is 0.402. The first-order valence-electron chi connectivity index (χ1n) is 6.95. The van der Waals surface area contributed by atoms with Gasteiger partial charge in [-0.1, -0.05) is 18.2 Å². The van der Waals surface area contributed by atoms with Crippen LogP contribution >= 0.6 is 11.3 Å². The van der Waals surface area contributed by atoms with Crippen LogP contribution in [0.5, 0.6) is 5.75 Å². The molecule has 7 heteroatoms. The summed E-state index contributed by atoms with van der Waals surface area (Å²) in [7, 11) is 1.45. The molecule has 0 atom stereocenters. The van der Waals surface area contributed by atoms with Gasteiger partial charge in [0.1, 0.15) is 5.56 Å². The van der Waals surface area contributed by atoms with Crippen LogP contribution in [-0.4, -0.2) is 25.5 Å². The molecule has 1 aromatic carbocycles. The zero-order valence-corrected chi connectivity index (χ0v) is 13.4. The number of benzene rings is 1. The van der Waals surface area contributed by atoms with E-state index >= 15 is 0 Å². The van der Waals surface area contributed by atoms with Crippen LogP contribution in [0.4, 0.5) is 0 Å². The Morgan fingerprint density at radius 3 is 2.75 bits per heavy atom. The van der Waals surface area contributed by atoms with Crippen LogP contribution in [0.3, 0.4) is 0 Å². The van der Waals surface area contributed by atoms with Crippen LogP contribution in [0, 0.1) is 0 Å². The Balaban J connectivity index is 1.83. The van der Waals surface area contributed by atoms with E-state index in [2.05, 4.69) is 0 Å². The molecule has 0 N–H and O–H groups in total. The van der Waals surface area contributed by atoms with E-state index in [1.807, 2.05) is 0 Å². The highest BCUT2D eigenvalue weighted by Crippen LogP contribution is 2.24. The molecule has 0 aliphatic rings. The van der Waals surface area contributed by atoms with Crippen molar-refractivity contribution in [1.82, 2.24) is 0 Å². The maximum atomic E-state index is 12.1. The lowest BCUT2D eigenvalue weighted by Gasteiger charge is -2.06. The molecule has 0 bridgehead atoms. The standard InChI is InChI=1S/C17H12O6S/c1-21-13-5-2-4-10-8-11(17(20)23-15(10)13)16(19)22-9-12(18)14-6-3-7-24-14/h2-8H,9H2,1H3. The highest BCUT2D eigenvalue weighted by molar-refractivity contribution is 7.12. The lowest BCUT2D eigenvalue weighted by atomic mass is 10.2. The highest BCUT2D eigenvalue weighted by Gasteiger charge is 2.18. The van der Waals surface area contributed by atoms with E-state index in [0.29, 0.717) is 16.0 Å². The van der Waals surface area contributed by atoms with Gasteiger partial charge in [0.2, 0.25) is 5.78 Å². The number of esters is 1. The van der Waals surface area contributed by atoms with Crippen LogP contribution in [0.2, 0.25) is 0 Å². The number of ketones is 1. The minimum Gasteiger partial charge on any atom is -0.493 e. The smallest absolute Gasteiger partial charge is 0.351 e. The summed E-state index contributed by atoms with van der Waals surface area (Å²) in [6.45, 7) is -0.436. The van der Waals surface area contributed by atoms with E-state index in [1.54, 1.807) is 35.7 Å². The summed E-state index contributed by atoms with van der Waals surface area (Å²) in [5.74, 6) is -0.846. The highest BCUT2D eigenvalue weighted by atomic mass is 32.1. The van der Waals surface area contributed by atoms with Crippen molar-refractivity contribution >= 4 is 34.1 Å². The zero-order valence-electron chi connectivity index (χ0n) is 12.6. The fraction of sp³-hybridized carbons (Fsp3) is 0.118. The first kappa shape index (κ1) is 15.9. The van der Waals surface area contributed by atoms with Crippen LogP contribution in [0.1, 0.15) is 20.0 Å². The Labute approximate surface area is 140 Å². The van der Waals surface area contributed by atoms with Crippen molar-refractivity contribution < 1.29 is 23.5 Å². The molecule has 0 aliphatic carbocycles. The van der Waals surface area contributed by atoms with E-state index in [0.717, 1.165) is 0 Å². The third kappa shape index (κ3) is 3.07. The lowest BCUT2D eigenvalue weighted by molar-refractivity contribution is 0.0472. The van der Waals surface area contributed by atoms with Crippen LogP contribution in [0.15, 0.2) is 51.0 Å². The van der Waals surface area contributed by atoms with Crippen molar-refractivity contribution in [3.63, 3.8) is 0 Å². The summed E-state index contributed by atoms with van der Waals surface area (Å²) in [6, 6.07) is 9.75. The molecule has 2 aromatic heterocycles. The van der Waals surface area contributed by atoms with Crippen molar-refractivity contribution in [1.29, 1.82) is 0 Å². The van der Waals surface area contributed by atoms with E-state index < -0.39 is 18.2 Å². The average molecular weight is 344 g/mol. The number of rotatable bonds is 5. The molecule has 0 fully saturated rings. The van der Waals surface area contributed by atoms with Crippen LogP contribution < -0.4 is 10.4 Å². The molecule has 3 rings (SSSR count). The Morgan fingerprint density at radius 1 is 1.21 bits per heavy atom. The monoisotopic (exact) mass is 344 g/mol. The van der Waals surface area contributed by atoms with Gasteiger partial charge in [0.25, 0.3) is 0 Å². The minimum absolute atomic E-state index is 0.246. The van der Waals surface area contributed by atoms with Crippen LogP contribution in [0.25, 0.3) is 11.0 Å². The van der Waals surface area contributed by atoms with E-state index in [-0.39, 0.29) is 16.9 Å². The van der Waals surface area contributed by atoms with Gasteiger partial charge in [-0.15, -0.1) is 11.3 Å². The number of hydrogen-bond acceptors (Lipinski definition) is 7. The van der Waals surface area contributed by atoms with Gasteiger partial charge in [-0.3, -0.25) is 4.79 Å². The molecule has 6 nitrogen and oxygen atoms in total. The fourth-order valence-corrected chi connectivity index (χ4v) is 2.79. The summed E-state index contributed by atoms with van der Waals surface area (Å²) in [5, 5.41) is 2.27. The summed E-state index contributed by atoms with van der Waals surface area (Å²) in [4.78, 5) is 36.4. The molecular weight excluding hydrogens is 332 g/mol. The van der Waals surface area contributed by atoms with Crippen molar-refractivity contribution in [2.75, 3.05) is 13.7 Å². The summed E-state index contributed by atoms with van der Waals surface area (Å²) >= 11 is 1.25. The summed E-state index contributed by atoms with van der Waals surface area (Å²) < 4.78 is 15.2. The molecule has 0 unspecified atom stereocenters. The maximum Gasteiger partial charge on any atom is 0.351 e. The second-order valence-electron chi connectivity index (χ2n) is 4.80. The normalized spacial score (nSPS) is 10.5. The number of methoxy groups -OCH3 is 1. The van der Waals surface area contributed by atoms with Gasteiger partial charge >= 0.3 is 11.6 Å². The molecule has 0 spiro atoms. The SMILES string of the molecule is COc1cccc2cc(C(=O)OCC(=O)c3cccs3)c(=O)oc12. The molecule has 3 aromatic rings. The molecule has 0 saturated carbocycles. The second kappa shape index (κ2) is 6.67. The Morgan fingerprint density at radius 2 is 2.04 bits per heavy atom. The topological polar surface area (TPSA) is 82.8 Å². The third-order valence-electron chi connectivity index (χ3n) is 3.29. The third-order valence-corrected chi connectivity index (χ3v) is 4.20. The first-order chi connectivity index (χ1) is 11.6. The number of Topliss-reactive ketones (excluding diaryl/α,β-unsaturated/α-hetero) is 1. The van der Waals surface area contributed by atoms with Crippen molar-refractivity contribution in [2.45, 2.75) is 0 Å². The van der Waals surface area contributed by atoms with Gasteiger partial charge in [-0.25, -0.2) is 9.59 Å². The Bertz CT molecular complexity index is 955.